The highest BCUT2D eigenvalue weighted by atomic mass is 79.9. The molecule has 1 aromatic carbocycles. The molecule has 14 heteroatoms. The third-order valence-corrected chi connectivity index (χ3v) is 5.97. The van der Waals surface area contributed by atoms with Crippen LogP contribution in [-0.2, 0) is 39.9 Å². The molecule has 202 valence electrons. The van der Waals surface area contributed by atoms with Crippen LogP contribution in [0.25, 0.3) is 0 Å². The van der Waals surface area contributed by atoms with Crippen molar-refractivity contribution < 1.29 is 33.5 Å². The molecule has 13 nitrogen and oxygen atoms in total. The summed E-state index contributed by atoms with van der Waals surface area (Å²) in [6.07, 6.45) is 1.02. The van der Waals surface area contributed by atoms with Crippen molar-refractivity contribution in [3.05, 3.63) is 35.9 Å². The van der Waals surface area contributed by atoms with Gasteiger partial charge < -0.3 is 37.1 Å². The lowest BCUT2D eigenvalue weighted by Crippen LogP contribution is -2.52. The predicted molar refractivity (Wildman–Crippen MR) is 135 cm³/mol. The summed E-state index contributed by atoms with van der Waals surface area (Å²) in [6, 6.07) is 7.95. The van der Waals surface area contributed by atoms with Gasteiger partial charge in [-0.2, -0.15) is 0 Å². The van der Waals surface area contributed by atoms with E-state index in [0.717, 1.165) is 5.56 Å². The zero-order chi connectivity index (χ0) is 27.2. The van der Waals surface area contributed by atoms with Crippen molar-refractivity contribution in [2.45, 2.75) is 31.4 Å². The smallest absolute Gasteiger partial charge is 0.243 e. The van der Waals surface area contributed by atoms with Gasteiger partial charge in [0.15, 0.2) is 0 Å². The minimum Gasteiger partial charge on any atom is -0.369 e. The summed E-state index contributed by atoms with van der Waals surface area (Å²) in [5.41, 5.74) is 5.98. The summed E-state index contributed by atoms with van der Waals surface area (Å²) < 4.78 is 5.43. The highest BCUT2D eigenvalue weighted by Crippen LogP contribution is 2.29. The van der Waals surface area contributed by atoms with Crippen LogP contribution in [0.1, 0.15) is 18.4 Å². The number of benzene rings is 1. The zero-order valence-electron chi connectivity index (χ0n) is 20.1. The van der Waals surface area contributed by atoms with E-state index in [9.17, 15) is 28.8 Å². The summed E-state index contributed by atoms with van der Waals surface area (Å²) in [6.45, 7) is -1.12. The Bertz CT molecular complexity index is 972. The third-order valence-electron chi connectivity index (χ3n) is 5.46. The summed E-state index contributed by atoms with van der Waals surface area (Å²) in [4.78, 5) is 71.2. The second-order valence-corrected chi connectivity index (χ2v) is 8.88. The molecule has 2 rings (SSSR count). The van der Waals surface area contributed by atoms with Gasteiger partial charge in [-0.3, -0.25) is 28.8 Å². The molecule has 0 aliphatic heterocycles. The highest BCUT2D eigenvalue weighted by molar-refractivity contribution is 9.09. The standard InChI is InChI=1S/C23H31BrN6O7/c24-9-18(31)26-10-19(32)27-12-21(34)30-17(6-14-4-2-1-3-5-14)23(36)28-11-20(33)29-13-37-16-7-15(8-16)22(25)35/h1-5,15-17H,6-13H2,(H2,25,35)(H,26,31)(H,27,32)(H,28,36)(H,29,33)(H,30,34)/t15-,16+,17-/m0/s1. The van der Waals surface area contributed by atoms with Crippen LogP contribution in [0, 0.1) is 5.92 Å². The van der Waals surface area contributed by atoms with Crippen molar-refractivity contribution in [1.29, 1.82) is 0 Å². The van der Waals surface area contributed by atoms with Crippen LogP contribution in [0.4, 0.5) is 0 Å². The molecule has 1 fully saturated rings. The van der Waals surface area contributed by atoms with Crippen molar-refractivity contribution in [1.82, 2.24) is 26.6 Å². The van der Waals surface area contributed by atoms with Crippen molar-refractivity contribution in [3.8, 4) is 0 Å². The molecule has 6 amide bonds. The quantitative estimate of drug-likeness (QED) is 0.0996. The van der Waals surface area contributed by atoms with Gasteiger partial charge in [-0.1, -0.05) is 46.3 Å². The lowest BCUT2D eigenvalue weighted by atomic mass is 9.82. The number of ether oxygens (including phenoxy) is 1. The van der Waals surface area contributed by atoms with Gasteiger partial charge in [0, 0.05) is 12.3 Å². The van der Waals surface area contributed by atoms with Crippen LogP contribution < -0.4 is 32.3 Å². The molecule has 0 unspecified atom stereocenters. The van der Waals surface area contributed by atoms with Crippen molar-refractivity contribution in [2.75, 3.05) is 31.7 Å². The molecule has 1 atom stereocenters. The van der Waals surface area contributed by atoms with E-state index in [2.05, 4.69) is 42.5 Å². The maximum Gasteiger partial charge on any atom is 0.243 e. The van der Waals surface area contributed by atoms with Crippen molar-refractivity contribution in [3.63, 3.8) is 0 Å². The number of carbonyl (C=O) groups excluding carboxylic acids is 6. The van der Waals surface area contributed by atoms with E-state index >= 15 is 0 Å². The minimum absolute atomic E-state index is 0.0417. The number of primary amides is 1. The highest BCUT2D eigenvalue weighted by Gasteiger charge is 2.33. The lowest BCUT2D eigenvalue weighted by molar-refractivity contribution is -0.134. The number of nitrogens with one attached hydrogen (secondary N) is 5. The summed E-state index contributed by atoms with van der Waals surface area (Å²) in [5, 5.41) is 12.3. The van der Waals surface area contributed by atoms with Gasteiger partial charge in [0.1, 0.15) is 12.8 Å². The molecule has 37 heavy (non-hydrogen) atoms. The first-order valence-corrected chi connectivity index (χ1v) is 12.7. The normalized spacial score (nSPS) is 16.9. The number of rotatable bonds is 15. The van der Waals surface area contributed by atoms with Crippen LogP contribution in [0.15, 0.2) is 30.3 Å². The van der Waals surface area contributed by atoms with Gasteiger partial charge in [-0.25, -0.2) is 0 Å². The molecule has 0 spiro atoms. The molecule has 1 aliphatic rings. The first kappa shape index (κ1) is 29.7. The summed E-state index contributed by atoms with van der Waals surface area (Å²) >= 11 is 2.95. The fourth-order valence-corrected chi connectivity index (χ4v) is 3.50. The van der Waals surface area contributed by atoms with E-state index in [1.807, 2.05) is 6.07 Å². The van der Waals surface area contributed by atoms with E-state index in [4.69, 9.17) is 10.5 Å². The second kappa shape index (κ2) is 15.6. The molecule has 0 heterocycles. The third kappa shape index (κ3) is 11.4. The number of hydrogen-bond acceptors (Lipinski definition) is 7. The Labute approximate surface area is 222 Å². The average molecular weight is 583 g/mol. The van der Waals surface area contributed by atoms with E-state index in [1.165, 1.54) is 0 Å². The number of hydrogen-bond donors (Lipinski definition) is 6. The Morgan fingerprint density at radius 1 is 0.865 bits per heavy atom. The number of amides is 6. The fourth-order valence-electron chi connectivity index (χ4n) is 3.30. The Morgan fingerprint density at radius 2 is 1.46 bits per heavy atom. The monoisotopic (exact) mass is 582 g/mol. The van der Waals surface area contributed by atoms with Gasteiger partial charge in [-0.05, 0) is 18.4 Å². The van der Waals surface area contributed by atoms with E-state index < -0.39 is 36.2 Å². The number of alkyl halides is 1. The largest absolute Gasteiger partial charge is 0.369 e. The Hall–Kier alpha value is -3.52. The Kier molecular flexibility index (Phi) is 12.5. The van der Waals surface area contributed by atoms with Gasteiger partial charge >= 0.3 is 0 Å². The molecule has 0 radical (unpaired) electrons. The predicted octanol–water partition coefficient (Wildman–Crippen LogP) is -2.19. The van der Waals surface area contributed by atoms with Crippen LogP contribution in [0.5, 0.6) is 0 Å². The van der Waals surface area contributed by atoms with E-state index in [0.29, 0.717) is 12.8 Å². The van der Waals surface area contributed by atoms with Crippen molar-refractivity contribution in [2.24, 2.45) is 11.7 Å². The van der Waals surface area contributed by atoms with E-state index in [-0.39, 0.29) is 55.4 Å². The molecule has 1 aromatic rings. The van der Waals surface area contributed by atoms with Gasteiger partial charge in [0.05, 0.1) is 31.1 Å². The minimum atomic E-state index is -1.01. The van der Waals surface area contributed by atoms with Gasteiger partial charge in [0.25, 0.3) is 0 Å². The van der Waals surface area contributed by atoms with Gasteiger partial charge in [0.2, 0.25) is 35.4 Å². The molecule has 0 aromatic heterocycles. The molecule has 0 saturated heterocycles. The molecule has 7 N–H and O–H groups in total. The Balaban J connectivity index is 1.78. The molecule has 0 bridgehead atoms. The molecular formula is C23H31BrN6O7. The van der Waals surface area contributed by atoms with E-state index in [1.54, 1.807) is 24.3 Å². The Morgan fingerprint density at radius 3 is 2.11 bits per heavy atom. The SMILES string of the molecule is NC(=O)[C@H]1C[C@@H](OCNC(=O)CNC(=O)[C@H](Cc2ccccc2)NC(=O)CNC(=O)CNC(=O)CBr)C1. The first-order valence-electron chi connectivity index (χ1n) is 11.6. The fraction of sp³-hybridized carbons (Fsp3) is 0.478. The number of nitrogens with two attached hydrogens (primary N) is 1. The lowest BCUT2D eigenvalue weighted by Gasteiger charge is -2.32. The maximum atomic E-state index is 12.8. The maximum absolute atomic E-state index is 12.8. The number of carbonyl (C=O) groups is 6. The van der Waals surface area contributed by atoms with Crippen LogP contribution in [0.2, 0.25) is 0 Å². The number of halogens is 1. The topological polar surface area (TPSA) is 198 Å². The second-order valence-electron chi connectivity index (χ2n) is 8.32. The van der Waals surface area contributed by atoms with Crippen LogP contribution >= 0.6 is 15.9 Å². The molecule has 1 aliphatic carbocycles. The molecule has 1 saturated carbocycles. The van der Waals surface area contributed by atoms with Crippen LogP contribution in [-0.4, -0.2) is 79.3 Å². The molecular weight excluding hydrogens is 552 g/mol. The first-order chi connectivity index (χ1) is 17.7. The van der Waals surface area contributed by atoms with Crippen molar-refractivity contribution >= 4 is 51.4 Å². The summed E-state index contributed by atoms with van der Waals surface area (Å²) in [5.74, 6) is -3.23. The average Bonchev–Trinajstić information content (AvgIpc) is 2.85. The zero-order valence-corrected chi connectivity index (χ0v) is 21.7. The van der Waals surface area contributed by atoms with Crippen LogP contribution in [0.3, 0.4) is 0 Å². The summed E-state index contributed by atoms with van der Waals surface area (Å²) in [7, 11) is 0. The van der Waals surface area contributed by atoms with Gasteiger partial charge in [-0.15, -0.1) is 0 Å².